The van der Waals surface area contributed by atoms with Crippen LogP contribution in [0.4, 0.5) is 36.2 Å². The van der Waals surface area contributed by atoms with Gasteiger partial charge in [-0.1, -0.05) is 17.7 Å². The quantitative estimate of drug-likeness (QED) is 0.123. The van der Waals surface area contributed by atoms with Gasteiger partial charge in [-0.2, -0.15) is 13.2 Å². The van der Waals surface area contributed by atoms with Crippen LogP contribution in [0.5, 0.6) is 11.5 Å². The van der Waals surface area contributed by atoms with Crippen molar-refractivity contribution >= 4 is 56.6 Å². The van der Waals surface area contributed by atoms with Crippen molar-refractivity contribution in [3.05, 3.63) is 119 Å². The maximum atomic E-state index is 12.7. The van der Waals surface area contributed by atoms with E-state index < -0.39 is 17.6 Å². The van der Waals surface area contributed by atoms with Gasteiger partial charge in [0.2, 0.25) is 0 Å². The highest BCUT2D eigenvalue weighted by Gasteiger charge is 2.30. The molecule has 354 valence electrons. The molecule has 0 bridgehead atoms. The number of benzene rings is 4. The van der Waals surface area contributed by atoms with E-state index in [9.17, 15) is 22.8 Å². The number of hydrogen-bond donors (Lipinski definition) is 2. The Morgan fingerprint density at radius 2 is 0.955 bits per heavy atom. The third-order valence-corrected chi connectivity index (χ3v) is 12.3. The standard InChI is InChI=1S/C26H29F3N4O2.C26H32N4O2/c1-17(2)32-10-12-33(13-11-32)24-14-18(3)22-15-20(6-9-23(22)31-24)30-25(34)16-35-21-7-4-19(5-8-21)26(27,28)29;1-18(2)29-11-13-30(14-12-29)25-15-20(4)23-16-21(7-10-24(23)28-25)27-26(31)17-32-22-8-5-19(3)6-9-22/h4-9,14-15,17H,10-13,16H2,1-3H3,(H,30,34);5-10,15-16,18H,11-14,17H2,1-4H3,(H,27,31). The molecule has 67 heavy (non-hydrogen) atoms. The lowest BCUT2D eigenvalue weighted by atomic mass is 10.1. The molecule has 2 saturated heterocycles. The van der Waals surface area contributed by atoms with Gasteiger partial charge in [0, 0.05) is 86.6 Å². The third kappa shape index (κ3) is 12.9. The van der Waals surface area contributed by atoms with E-state index in [1.807, 2.05) is 68.4 Å². The van der Waals surface area contributed by atoms with Crippen LogP contribution >= 0.6 is 0 Å². The molecule has 12 nitrogen and oxygen atoms in total. The molecule has 6 aromatic rings. The number of hydrogen-bond acceptors (Lipinski definition) is 10. The number of pyridine rings is 2. The van der Waals surface area contributed by atoms with Crippen molar-refractivity contribution in [1.82, 2.24) is 19.8 Å². The number of nitrogens with one attached hydrogen (secondary N) is 2. The number of aromatic nitrogens is 2. The molecule has 4 aromatic carbocycles. The van der Waals surface area contributed by atoms with Gasteiger partial charge >= 0.3 is 6.18 Å². The lowest BCUT2D eigenvalue weighted by Crippen LogP contribution is -2.49. The number of fused-ring (bicyclic) bond motifs is 2. The normalized spacial score (nSPS) is 14.9. The number of alkyl halides is 3. The SMILES string of the molecule is Cc1cc(N2CCN(C(C)C)CC2)nc2ccc(NC(=O)COc3ccc(C(F)(F)F)cc3)cc12.Cc1ccc(OCC(=O)Nc2ccc3nc(N4CCN(C(C)C)CC4)cc(C)c3c2)cc1. The minimum Gasteiger partial charge on any atom is -0.484 e. The molecule has 0 spiro atoms. The average Bonchev–Trinajstić information content (AvgIpc) is 3.31. The molecular weight excluding hydrogens is 858 g/mol. The first kappa shape index (κ1) is 48.5. The molecule has 0 radical (unpaired) electrons. The molecule has 8 rings (SSSR count). The fourth-order valence-electron chi connectivity index (χ4n) is 8.23. The molecule has 2 aliphatic heterocycles. The first-order valence-electron chi connectivity index (χ1n) is 22.9. The number of carbonyl (C=O) groups is 2. The largest absolute Gasteiger partial charge is 0.484 e. The predicted molar refractivity (Wildman–Crippen MR) is 262 cm³/mol. The van der Waals surface area contributed by atoms with Crippen LogP contribution < -0.4 is 29.9 Å². The maximum Gasteiger partial charge on any atom is 0.416 e. The van der Waals surface area contributed by atoms with Gasteiger partial charge in [0.25, 0.3) is 11.8 Å². The fourth-order valence-corrected chi connectivity index (χ4v) is 8.23. The minimum atomic E-state index is -4.41. The number of amides is 2. The fraction of sp³-hybridized carbons (Fsp3) is 0.385. The summed E-state index contributed by atoms with van der Waals surface area (Å²) in [5.74, 6) is 2.27. The van der Waals surface area contributed by atoms with Crippen molar-refractivity contribution in [2.75, 3.05) is 86.0 Å². The van der Waals surface area contributed by atoms with Crippen molar-refractivity contribution in [3.63, 3.8) is 0 Å². The summed E-state index contributed by atoms with van der Waals surface area (Å²) in [6.45, 7) is 22.7. The van der Waals surface area contributed by atoms with Crippen LogP contribution in [-0.4, -0.2) is 109 Å². The smallest absolute Gasteiger partial charge is 0.416 e. The first-order chi connectivity index (χ1) is 32.0. The number of nitrogens with zero attached hydrogens (tertiary/aromatic N) is 6. The highest BCUT2D eigenvalue weighted by molar-refractivity contribution is 5.96. The second-order valence-corrected chi connectivity index (χ2v) is 17.8. The van der Waals surface area contributed by atoms with Crippen molar-refractivity contribution < 1.29 is 32.2 Å². The van der Waals surface area contributed by atoms with Gasteiger partial charge in [0.15, 0.2) is 13.2 Å². The van der Waals surface area contributed by atoms with E-state index >= 15 is 0 Å². The van der Waals surface area contributed by atoms with Crippen LogP contribution in [0.15, 0.2) is 97.1 Å². The first-order valence-corrected chi connectivity index (χ1v) is 22.9. The summed E-state index contributed by atoms with van der Waals surface area (Å²) >= 11 is 0. The summed E-state index contributed by atoms with van der Waals surface area (Å²) in [6.07, 6.45) is -4.41. The van der Waals surface area contributed by atoms with Crippen LogP contribution in [0.1, 0.15) is 49.9 Å². The molecule has 2 fully saturated rings. The lowest BCUT2D eigenvalue weighted by molar-refractivity contribution is -0.137. The van der Waals surface area contributed by atoms with Crippen molar-refractivity contribution in [1.29, 1.82) is 0 Å². The van der Waals surface area contributed by atoms with E-state index in [0.29, 0.717) is 23.5 Å². The molecule has 2 amide bonds. The molecule has 2 N–H and O–H groups in total. The number of ether oxygens (including phenoxy) is 2. The van der Waals surface area contributed by atoms with Gasteiger partial charge in [0.1, 0.15) is 23.1 Å². The zero-order valence-corrected chi connectivity index (χ0v) is 39.4. The number of rotatable bonds is 12. The second kappa shape index (κ2) is 21.5. The molecule has 0 atom stereocenters. The predicted octanol–water partition coefficient (Wildman–Crippen LogP) is 9.51. The van der Waals surface area contributed by atoms with E-state index in [2.05, 4.69) is 77.0 Å². The summed E-state index contributed by atoms with van der Waals surface area (Å²) in [4.78, 5) is 44.0. The molecule has 4 heterocycles. The van der Waals surface area contributed by atoms with Gasteiger partial charge in [-0.15, -0.1) is 0 Å². The van der Waals surface area contributed by atoms with Crippen LogP contribution in [0.25, 0.3) is 21.8 Å². The number of anilines is 4. The van der Waals surface area contributed by atoms with Crippen LogP contribution in [0.2, 0.25) is 0 Å². The summed E-state index contributed by atoms with van der Waals surface area (Å²) in [5, 5.41) is 7.69. The van der Waals surface area contributed by atoms with Crippen molar-refractivity contribution in [2.45, 2.75) is 66.7 Å². The molecule has 2 aliphatic rings. The maximum absolute atomic E-state index is 12.7. The van der Waals surface area contributed by atoms with Gasteiger partial charge in [-0.05, 0) is 145 Å². The highest BCUT2D eigenvalue weighted by Crippen LogP contribution is 2.31. The van der Waals surface area contributed by atoms with Gasteiger partial charge in [-0.25, -0.2) is 9.97 Å². The van der Waals surface area contributed by atoms with E-state index in [4.69, 9.17) is 19.4 Å². The number of aryl methyl sites for hydroxylation is 3. The topological polar surface area (TPSA) is 115 Å². The van der Waals surface area contributed by atoms with Crippen LogP contribution in [0.3, 0.4) is 0 Å². The van der Waals surface area contributed by atoms with E-state index in [-0.39, 0.29) is 24.9 Å². The Morgan fingerprint density at radius 3 is 1.33 bits per heavy atom. The Morgan fingerprint density at radius 1 is 0.567 bits per heavy atom. The summed E-state index contributed by atoms with van der Waals surface area (Å²) in [7, 11) is 0. The Kier molecular flexibility index (Phi) is 15.5. The Bertz CT molecular complexity index is 2640. The Hall–Kier alpha value is -6.45. The zero-order valence-electron chi connectivity index (χ0n) is 39.4. The van der Waals surface area contributed by atoms with E-state index in [1.165, 1.54) is 12.1 Å². The molecule has 0 aliphatic carbocycles. The Labute approximate surface area is 391 Å². The molecule has 2 aromatic heterocycles. The number of piperazine rings is 2. The Balaban J connectivity index is 0.000000200. The lowest BCUT2D eigenvalue weighted by Gasteiger charge is -2.37. The summed E-state index contributed by atoms with van der Waals surface area (Å²) < 4.78 is 48.9. The van der Waals surface area contributed by atoms with E-state index in [0.717, 1.165) is 120 Å². The van der Waals surface area contributed by atoms with E-state index in [1.54, 1.807) is 6.07 Å². The second-order valence-electron chi connectivity index (χ2n) is 17.8. The van der Waals surface area contributed by atoms with Gasteiger partial charge in [0.05, 0.1) is 16.6 Å². The van der Waals surface area contributed by atoms with Crippen LogP contribution in [0, 0.1) is 20.8 Å². The molecule has 0 saturated carbocycles. The summed E-state index contributed by atoms with van der Waals surface area (Å²) in [6, 6.07) is 28.6. The molecular formula is C52H61F3N8O4. The monoisotopic (exact) mass is 918 g/mol. The molecule has 0 unspecified atom stereocenters. The number of carbonyl (C=O) groups excluding carboxylic acids is 2. The minimum absolute atomic E-state index is 0.0282. The van der Waals surface area contributed by atoms with Crippen molar-refractivity contribution in [2.24, 2.45) is 0 Å². The average molecular weight is 919 g/mol. The van der Waals surface area contributed by atoms with Gasteiger partial charge < -0.3 is 29.9 Å². The summed E-state index contributed by atoms with van der Waals surface area (Å²) in [5.41, 5.74) is 5.75. The highest BCUT2D eigenvalue weighted by atomic mass is 19.4. The van der Waals surface area contributed by atoms with Crippen LogP contribution in [-0.2, 0) is 15.8 Å². The van der Waals surface area contributed by atoms with Crippen molar-refractivity contribution in [3.8, 4) is 11.5 Å². The van der Waals surface area contributed by atoms with Gasteiger partial charge in [-0.3, -0.25) is 19.4 Å². The third-order valence-electron chi connectivity index (χ3n) is 12.3. The zero-order chi connectivity index (χ0) is 47.8. The number of halogens is 3. The molecule has 15 heteroatoms.